The van der Waals surface area contributed by atoms with Crippen LogP contribution in [0.1, 0.15) is 81.1 Å². The van der Waals surface area contributed by atoms with Crippen LogP contribution in [0.2, 0.25) is 0 Å². The lowest BCUT2D eigenvalue weighted by Crippen LogP contribution is -2.60. The molecule has 0 aromatic heterocycles. The van der Waals surface area contributed by atoms with E-state index < -0.39 is 34.1 Å². The van der Waals surface area contributed by atoms with Gasteiger partial charge in [-0.25, -0.2) is 9.59 Å². The highest BCUT2D eigenvalue weighted by Crippen LogP contribution is 2.39. The van der Waals surface area contributed by atoms with Crippen molar-refractivity contribution in [2.24, 2.45) is 0 Å². The highest BCUT2D eigenvalue weighted by Gasteiger charge is 2.47. The van der Waals surface area contributed by atoms with Gasteiger partial charge in [0.05, 0.1) is 0 Å². The highest BCUT2D eigenvalue weighted by molar-refractivity contribution is 5.91. The molecule has 2 saturated heterocycles. The first-order valence-electron chi connectivity index (χ1n) is 10.5. The molecular weight excluding hydrogens is 388 g/mol. The van der Waals surface area contributed by atoms with E-state index in [1.165, 1.54) is 10.1 Å². The standard InChI is InChI=1S/C22H38N2O6/c1-19(2)11-15(12-20(3,4)23(19)27)29-17(25)9-10-18(26)30-16-13-21(5,6)24(28)22(7,8)14-16/h9-10,15-16,27-28H,11-14H2,1-8H3/b10-9+. The topological polar surface area (TPSA) is 99.5 Å². The van der Waals surface area contributed by atoms with Crippen molar-refractivity contribution in [2.75, 3.05) is 0 Å². The lowest BCUT2D eigenvalue weighted by atomic mass is 9.80. The Morgan fingerprint density at radius 1 is 0.667 bits per heavy atom. The summed E-state index contributed by atoms with van der Waals surface area (Å²) < 4.78 is 11.0. The fourth-order valence-electron chi connectivity index (χ4n) is 5.07. The predicted octanol–water partition coefficient (Wildman–Crippen LogP) is 3.45. The van der Waals surface area contributed by atoms with E-state index in [1.54, 1.807) is 0 Å². The van der Waals surface area contributed by atoms with E-state index in [4.69, 9.17) is 9.47 Å². The van der Waals surface area contributed by atoms with Crippen molar-refractivity contribution < 1.29 is 29.5 Å². The fraction of sp³-hybridized carbons (Fsp3) is 0.818. The van der Waals surface area contributed by atoms with Crippen molar-refractivity contribution in [3.05, 3.63) is 12.2 Å². The zero-order chi connectivity index (χ0) is 23.1. The monoisotopic (exact) mass is 426 g/mol. The number of hydrogen-bond donors (Lipinski definition) is 2. The summed E-state index contributed by atoms with van der Waals surface area (Å²) >= 11 is 0. The number of carbonyl (C=O) groups is 2. The molecule has 2 aliphatic heterocycles. The van der Waals surface area contributed by atoms with Crippen LogP contribution in [0.3, 0.4) is 0 Å². The number of piperidine rings is 2. The Morgan fingerprint density at radius 3 is 1.13 bits per heavy atom. The SMILES string of the molecule is CC1(C)CC(OC(=O)/C=C/C(=O)OC2CC(C)(C)N(O)C(C)(C)C2)CC(C)(C)N1O. The first kappa shape index (κ1) is 24.8. The summed E-state index contributed by atoms with van der Waals surface area (Å²) in [5.74, 6) is -1.22. The van der Waals surface area contributed by atoms with E-state index in [0.29, 0.717) is 25.7 Å². The maximum Gasteiger partial charge on any atom is 0.331 e. The van der Waals surface area contributed by atoms with Gasteiger partial charge in [-0.15, -0.1) is 0 Å². The molecule has 30 heavy (non-hydrogen) atoms. The molecule has 0 radical (unpaired) electrons. The third-order valence-electron chi connectivity index (χ3n) is 6.12. The smallest absolute Gasteiger partial charge is 0.331 e. The Kier molecular flexibility index (Phi) is 6.79. The van der Waals surface area contributed by atoms with Crippen molar-refractivity contribution in [3.8, 4) is 0 Å². The van der Waals surface area contributed by atoms with Crippen LogP contribution in [0.15, 0.2) is 12.2 Å². The zero-order valence-electron chi connectivity index (χ0n) is 19.6. The van der Waals surface area contributed by atoms with Gasteiger partial charge in [-0.3, -0.25) is 0 Å². The summed E-state index contributed by atoms with van der Waals surface area (Å²) in [6, 6.07) is 0. The number of hydroxylamine groups is 4. The van der Waals surface area contributed by atoms with E-state index >= 15 is 0 Å². The number of carbonyl (C=O) groups excluding carboxylic acids is 2. The quantitative estimate of drug-likeness (QED) is 0.521. The highest BCUT2D eigenvalue weighted by atomic mass is 16.6. The molecule has 2 aliphatic rings. The normalized spacial score (nSPS) is 27.1. The summed E-state index contributed by atoms with van der Waals surface area (Å²) in [5, 5.41) is 23.3. The Bertz CT molecular complexity index is 604. The van der Waals surface area contributed by atoms with Crippen molar-refractivity contribution in [1.29, 1.82) is 0 Å². The van der Waals surface area contributed by atoms with Gasteiger partial charge in [0.1, 0.15) is 12.2 Å². The average Bonchev–Trinajstić information content (AvgIpc) is 2.54. The van der Waals surface area contributed by atoms with Gasteiger partial charge in [-0.1, -0.05) is 0 Å². The number of nitrogens with zero attached hydrogens (tertiary/aromatic N) is 2. The summed E-state index contributed by atoms with van der Waals surface area (Å²) in [7, 11) is 0. The predicted molar refractivity (Wildman–Crippen MR) is 111 cm³/mol. The maximum absolute atomic E-state index is 12.2. The Hall–Kier alpha value is -1.48. The molecule has 0 aromatic rings. The maximum atomic E-state index is 12.2. The number of esters is 2. The Morgan fingerprint density at radius 2 is 0.900 bits per heavy atom. The third kappa shape index (κ3) is 5.60. The van der Waals surface area contributed by atoms with Crippen molar-refractivity contribution >= 4 is 11.9 Å². The van der Waals surface area contributed by atoms with Gasteiger partial charge in [0.25, 0.3) is 0 Å². The van der Waals surface area contributed by atoms with Crippen LogP contribution in [-0.2, 0) is 19.1 Å². The van der Waals surface area contributed by atoms with Crippen LogP contribution in [0, 0.1) is 0 Å². The van der Waals surface area contributed by atoms with Crippen molar-refractivity contribution in [2.45, 2.75) is 115 Å². The minimum absolute atomic E-state index is 0.359. The van der Waals surface area contributed by atoms with Gasteiger partial charge >= 0.3 is 11.9 Å². The van der Waals surface area contributed by atoms with Gasteiger partial charge < -0.3 is 19.9 Å². The van der Waals surface area contributed by atoms with Crippen molar-refractivity contribution in [3.63, 3.8) is 0 Å². The molecule has 0 aliphatic carbocycles. The van der Waals surface area contributed by atoms with Crippen LogP contribution in [0.25, 0.3) is 0 Å². The third-order valence-corrected chi connectivity index (χ3v) is 6.12. The summed E-state index contributed by atoms with van der Waals surface area (Å²) in [5.41, 5.74) is -2.12. The largest absolute Gasteiger partial charge is 0.459 e. The Balaban J connectivity index is 1.92. The lowest BCUT2D eigenvalue weighted by Gasteiger charge is -2.50. The molecule has 0 spiro atoms. The van der Waals surface area contributed by atoms with Gasteiger partial charge in [0, 0.05) is 60.0 Å². The van der Waals surface area contributed by atoms with E-state index in [1.807, 2.05) is 55.4 Å². The molecule has 8 nitrogen and oxygen atoms in total. The van der Waals surface area contributed by atoms with Crippen LogP contribution >= 0.6 is 0 Å². The van der Waals surface area contributed by atoms with Gasteiger partial charge in [-0.2, -0.15) is 10.1 Å². The second-order valence-corrected chi connectivity index (χ2v) is 11.1. The molecule has 0 amide bonds. The molecule has 172 valence electrons. The minimum Gasteiger partial charge on any atom is -0.459 e. The minimum atomic E-state index is -0.610. The summed E-state index contributed by atoms with van der Waals surface area (Å²) in [6.45, 7) is 15.1. The Labute approximate surface area is 179 Å². The average molecular weight is 427 g/mol. The summed E-state index contributed by atoms with van der Waals surface area (Å²) in [6.07, 6.45) is 3.41. The van der Waals surface area contributed by atoms with Gasteiger partial charge in [0.2, 0.25) is 0 Å². The van der Waals surface area contributed by atoms with Gasteiger partial charge in [0.15, 0.2) is 0 Å². The molecule has 8 heteroatoms. The number of rotatable bonds is 4. The molecule has 2 N–H and O–H groups in total. The molecular formula is C22H38N2O6. The molecule has 0 unspecified atom stereocenters. The van der Waals surface area contributed by atoms with Gasteiger partial charge in [-0.05, 0) is 55.4 Å². The molecule has 2 heterocycles. The number of hydrogen-bond acceptors (Lipinski definition) is 8. The van der Waals surface area contributed by atoms with E-state index in [-0.39, 0.29) is 12.2 Å². The molecule has 2 rings (SSSR count). The second-order valence-electron chi connectivity index (χ2n) is 11.1. The zero-order valence-corrected chi connectivity index (χ0v) is 19.6. The van der Waals surface area contributed by atoms with Crippen LogP contribution < -0.4 is 0 Å². The van der Waals surface area contributed by atoms with Crippen LogP contribution in [0.4, 0.5) is 0 Å². The van der Waals surface area contributed by atoms with E-state index in [0.717, 1.165) is 12.2 Å². The van der Waals surface area contributed by atoms with Crippen molar-refractivity contribution in [1.82, 2.24) is 10.1 Å². The molecule has 0 saturated carbocycles. The first-order chi connectivity index (χ1) is 13.5. The molecule has 2 fully saturated rings. The summed E-state index contributed by atoms with van der Waals surface area (Å²) in [4.78, 5) is 24.5. The molecule has 0 bridgehead atoms. The van der Waals surface area contributed by atoms with Crippen LogP contribution in [0.5, 0.6) is 0 Å². The first-order valence-corrected chi connectivity index (χ1v) is 10.5. The number of ether oxygens (including phenoxy) is 2. The van der Waals surface area contributed by atoms with Crippen LogP contribution in [-0.4, -0.2) is 66.8 Å². The molecule has 0 atom stereocenters. The van der Waals surface area contributed by atoms with E-state index in [9.17, 15) is 20.0 Å². The van der Waals surface area contributed by atoms with E-state index in [2.05, 4.69) is 0 Å². The molecule has 0 aromatic carbocycles. The second kappa shape index (κ2) is 8.22. The lowest BCUT2D eigenvalue weighted by molar-refractivity contribution is -0.259. The fourth-order valence-corrected chi connectivity index (χ4v) is 5.07.